The quantitative estimate of drug-likeness (QED) is 0.683. The molecule has 1 aliphatic rings. The van der Waals surface area contributed by atoms with Gasteiger partial charge in [0.05, 0.1) is 13.2 Å². The van der Waals surface area contributed by atoms with Crippen molar-refractivity contribution in [3.8, 4) is 5.75 Å². The fourth-order valence-corrected chi connectivity index (χ4v) is 3.64. The van der Waals surface area contributed by atoms with E-state index in [-0.39, 0.29) is 0 Å². The number of aryl methyl sites for hydroxylation is 1. The Hall–Kier alpha value is -2.13. The summed E-state index contributed by atoms with van der Waals surface area (Å²) >= 11 is 6.17. The van der Waals surface area contributed by atoms with Crippen molar-refractivity contribution in [2.24, 2.45) is 0 Å². The fraction of sp³-hybridized carbons (Fsp3) is 0.263. The van der Waals surface area contributed by atoms with Gasteiger partial charge in [0.2, 0.25) is 0 Å². The molecule has 1 heterocycles. The monoisotopic (exact) mass is 326 g/mol. The summed E-state index contributed by atoms with van der Waals surface area (Å²) in [7, 11) is 1.69. The number of rotatable bonds is 3. The highest BCUT2D eigenvalue weighted by Crippen LogP contribution is 2.37. The lowest BCUT2D eigenvalue weighted by Crippen LogP contribution is -2.17. The van der Waals surface area contributed by atoms with Crippen LogP contribution in [0.1, 0.15) is 30.1 Å². The highest BCUT2D eigenvalue weighted by Gasteiger charge is 2.24. The number of H-pyrrole nitrogens is 1. The van der Waals surface area contributed by atoms with Gasteiger partial charge in [0.15, 0.2) is 0 Å². The molecule has 0 fully saturated rings. The number of halogens is 1. The normalized spacial score (nSPS) is 17.0. The number of aromatic amines is 1. The van der Waals surface area contributed by atoms with Crippen molar-refractivity contribution in [3.63, 3.8) is 0 Å². The molecule has 0 spiro atoms. The fourth-order valence-electron chi connectivity index (χ4n) is 3.47. The average Bonchev–Trinajstić information content (AvgIpc) is 2.95. The maximum atomic E-state index is 6.17. The Morgan fingerprint density at radius 2 is 2.00 bits per heavy atom. The molecule has 118 valence electrons. The van der Waals surface area contributed by atoms with Crippen LogP contribution in [0.2, 0.25) is 5.02 Å². The summed E-state index contributed by atoms with van der Waals surface area (Å²) in [6.45, 7) is 0. The first kappa shape index (κ1) is 14.5. The third-order valence-corrected chi connectivity index (χ3v) is 4.84. The zero-order valence-electron chi connectivity index (χ0n) is 13.0. The number of anilines is 1. The molecule has 0 aliphatic heterocycles. The predicted molar refractivity (Wildman–Crippen MR) is 95.6 cm³/mol. The lowest BCUT2D eigenvalue weighted by Gasteiger charge is -2.25. The molecular weight excluding hydrogens is 308 g/mol. The molecule has 4 heteroatoms. The zero-order chi connectivity index (χ0) is 15.8. The first-order valence-corrected chi connectivity index (χ1v) is 8.33. The third kappa shape index (κ3) is 2.66. The molecular formula is C19H19ClN2O. The van der Waals surface area contributed by atoms with Gasteiger partial charge in [0.25, 0.3) is 0 Å². The van der Waals surface area contributed by atoms with Crippen LogP contribution in [-0.2, 0) is 6.42 Å². The van der Waals surface area contributed by atoms with Crippen LogP contribution in [0.15, 0.2) is 42.5 Å². The molecule has 1 atom stereocenters. The minimum Gasteiger partial charge on any atom is -0.497 e. The van der Waals surface area contributed by atoms with Crippen molar-refractivity contribution in [2.45, 2.75) is 25.3 Å². The average molecular weight is 327 g/mol. The molecule has 1 aliphatic carbocycles. The molecule has 2 aromatic carbocycles. The van der Waals surface area contributed by atoms with Crippen molar-refractivity contribution in [2.75, 3.05) is 12.4 Å². The Kier molecular flexibility index (Phi) is 3.66. The first-order chi connectivity index (χ1) is 11.2. The Morgan fingerprint density at radius 3 is 2.78 bits per heavy atom. The Morgan fingerprint density at radius 1 is 1.17 bits per heavy atom. The van der Waals surface area contributed by atoms with Crippen LogP contribution in [-0.4, -0.2) is 12.1 Å². The van der Waals surface area contributed by atoms with E-state index < -0.39 is 0 Å². The van der Waals surface area contributed by atoms with E-state index in [1.807, 2.05) is 18.2 Å². The Labute approximate surface area is 140 Å². The summed E-state index contributed by atoms with van der Waals surface area (Å²) in [5.41, 5.74) is 4.98. The SMILES string of the molecule is COc1ccc(N[C@@H]2CCCc3c2[nH]c2ccc(Cl)cc32)cc1. The lowest BCUT2D eigenvalue weighted by atomic mass is 9.91. The van der Waals surface area contributed by atoms with Gasteiger partial charge >= 0.3 is 0 Å². The van der Waals surface area contributed by atoms with Crippen molar-refractivity contribution in [3.05, 3.63) is 58.7 Å². The largest absolute Gasteiger partial charge is 0.497 e. The standard InChI is InChI=1S/C19H19ClN2O/c1-23-14-8-6-13(7-9-14)21-18-4-2-3-15-16-11-12(20)5-10-17(16)22-19(15)18/h5-11,18,21-22H,2-4H2,1H3/t18-/m1/s1. The van der Waals surface area contributed by atoms with Crippen LogP contribution in [0.5, 0.6) is 5.75 Å². The Bertz CT molecular complexity index is 838. The number of benzene rings is 2. The van der Waals surface area contributed by atoms with Crippen LogP contribution >= 0.6 is 11.6 Å². The number of nitrogens with one attached hydrogen (secondary N) is 2. The molecule has 2 N–H and O–H groups in total. The minimum atomic E-state index is 0.304. The number of methoxy groups -OCH3 is 1. The molecule has 3 aromatic rings. The number of aromatic nitrogens is 1. The molecule has 4 rings (SSSR count). The van der Waals surface area contributed by atoms with E-state index in [9.17, 15) is 0 Å². The summed E-state index contributed by atoms with van der Waals surface area (Å²) in [5, 5.41) is 5.70. The number of hydrogen-bond acceptors (Lipinski definition) is 2. The summed E-state index contributed by atoms with van der Waals surface area (Å²) in [6, 6.07) is 14.5. The molecule has 0 radical (unpaired) electrons. The third-order valence-electron chi connectivity index (χ3n) is 4.60. The van der Waals surface area contributed by atoms with E-state index in [0.717, 1.165) is 29.3 Å². The molecule has 0 amide bonds. The van der Waals surface area contributed by atoms with Gasteiger partial charge in [0, 0.05) is 27.3 Å². The van der Waals surface area contributed by atoms with Crippen LogP contribution in [0.25, 0.3) is 10.9 Å². The molecule has 0 bridgehead atoms. The van der Waals surface area contributed by atoms with E-state index in [4.69, 9.17) is 16.3 Å². The van der Waals surface area contributed by atoms with E-state index in [2.05, 4.69) is 34.6 Å². The van der Waals surface area contributed by atoms with Crippen LogP contribution in [0.3, 0.4) is 0 Å². The van der Waals surface area contributed by atoms with Gasteiger partial charge < -0.3 is 15.0 Å². The molecule has 3 nitrogen and oxygen atoms in total. The zero-order valence-corrected chi connectivity index (χ0v) is 13.8. The molecule has 1 aromatic heterocycles. The Balaban J connectivity index is 1.68. The number of ether oxygens (including phenoxy) is 1. The maximum Gasteiger partial charge on any atom is 0.119 e. The van der Waals surface area contributed by atoms with Gasteiger partial charge in [-0.15, -0.1) is 0 Å². The van der Waals surface area contributed by atoms with E-state index in [1.54, 1.807) is 7.11 Å². The molecule has 0 saturated carbocycles. The van der Waals surface area contributed by atoms with Crippen molar-refractivity contribution < 1.29 is 4.74 Å². The molecule has 0 unspecified atom stereocenters. The second-order valence-electron chi connectivity index (χ2n) is 6.02. The van der Waals surface area contributed by atoms with Crippen LogP contribution in [0.4, 0.5) is 5.69 Å². The van der Waals surface area contributed by atoms with Gasteiger partial charge in [-0.2, -0.15) is 0 Å². The van der Waals surface area contributed by atoms with Crippen molar-refractivity contribution >= 4 is 28.2 Å². The number of fused-ring (bicyclic) bond motifs is 3. The summed E-state index contributed by atoms with van der Waals surface area (Å²) < 4.78 is 5.22. The van der Waals surface area contributed by atoms with Gasteiger partial charge in [-0.3, -0.25) is 0 Å². The van der Waals surface area contributed by atoms with E-state index in [1.165, 1.54) is 28.6 Å². The van der Waals surface area contributed by atoms with Crippen molar-refractivity contribution in [1.29, 1.82) is 0 Å². The van der Waals surface area contributed by atoms with Gasteiger partial charge in [-0.25, -0.2) is 0 Å². The summed E-state index contributed by atoms with van der Waals surface area (Å²) in [4.78, 5) is 3.59. The summed E-state index contributed by atoms with van der Waals surface area (Å²) in [5.74, 6) is 0.875. The topological polar surface area (TPSA) is 37.0 Å². The van der Waals surface area contributed by atoms with E-state index >= 15 is 0 Å². The maximum absolute atomic E-state index is 6.17. The predicted octanol–water partition coefficient (Wildman–Crippen LogP) is 5.32. The second kappa shape index (κ2) is 5.82. The van der Waals surface area contributed by atoms with Crippen LogP contribution < -0.4 is 10.1 Å². The van der Waals surface area contributed by atoms with Gasteiger partial charge in [-0.1, -0.05) is 11.6 Å². The smallest absolute Gasteiger partial charge is 0.119 e. The molecule has 23 heavy (non-hydrogen) atoms. The van der Waals surface area contributed by atoms with Crippen LogP contribution in [0, 0.1) is 0 Å². The van der Waals surface area contributed by atoms with Gasteiger partial charge in [-0.05, 0) is 67.3 Å². The number of hydrogen-bond donors (Lipinski definition) is 2. The lowest BCUT2D eigenvalue weighted by molar-refractivity contribution is 0.415. The van der Waals surface area contributed by atoms with Gasteiger partial charge in [0.1, 0.15) is 5.75 Å². The minimum absolute atomic E-state index is 0.304. The first-order valence-electron chi connectivity index (χ1n) is 7.95. The van der Waals surface area contributed by atoms with Crippen molar-refractivity contribution in [1.82, 2.24) is 4.98 Å². The summed E-state index contributed by atoms with van der Waals surface area (Å²) in [6.07, 6.45) is 3.41. The second-order valence-corrected chi connectivity index (χ2v) is 6.46. The molecule has 0 saturated heterocycles. The highest BCUT2D eigenvalue weighted by molar-refractivity contribution is 6.31. The van der Waals surface area contributed by atoms with E-state index in [0.29, 0.717) is 6.04 Å². The highest BCUT2D eigenvalue weighted by atomic mass is 35.5.